The molecule has 0 atom stereocenters. The van der Waals surface area contributed by atoms with Crippen molar-refractivity contribution in [3.63, 3.8) is 0 Å². The lowest BCUT2D eigenvalue weighted by atomic mass is 10.1. The summed E-state index contributed by atoms with van der Waals surface area (Å²) >= 11 is 4.91. The Kier molecular flexibility index (Phi) is 6.02. The van der Waals surface area contributed by atoms with Crippen LogP contribution in [0.15, 0.2) is 88.8 Å². The first-order chi connectivity index (χ1) is 14.6. The fourth-order valence-electron chi connectivity index (χ4n) is 2.92. The number of rotatable bonds is 5. The summed E-state index contributed by atoms with van der Waals surface area (Å²) in [6.07, 6.45) is 1.75. The van der Waals surface area contributed by atoms with Crippen molar-refractivity contribution in [2.45, 2.75) is 0 Å². The van der Waals surface area contributed by atoms with Crippen LogP contribution in [0.5, 0.6) is 0 Å². The summed E-state index contributed by atoms with van der Waals surface area (Å²) in [7, 11) is 0. The molecule has 0 aliphatic heterocycles. The van der Waals surface area contributed by atoms with Gasteiger partial charge in [-0.2, -0.15) is 0 Å². The van der Waals surface area contributed by atoms with Crippen LogP contribution < -0.4 is 10.6 Å². The van der Waals surface area contributed by atoms with Crippen LogP contribution in [0.3, 0.4) is 0 Å². The molecule has 148 valence electrons. The molecule has 4 rings (SSSR count). The average molecular weight is 478 g/mol. The number of carbonyl (C=O) groups is 2. The van der Waals surface area contributed by atoms with Gasteiger partial charge in [0.2, 0.25) is 0 Å². The van der Waals surface area contributed by atoms with Gasteiger partial charge in [0, 0.05) is 27.3 Å². The second-order valence-electron chi connectivity index (χ2n) is 6.35. The number of para-hydroxylation sites is 1. The van der Waals surface area contributed by atoms with Crippen molar-refractivity contribution in [2.75, 3.05) is 10.6 Å². The van der Waals surface area contributed by atoms with Gasteiger partial charge in [-0.3, -0.25) is 9.59 Å². The Hall–Kier alpha value is -3.29. The van der Waals surface area contributed by atoms with Crippen LogP contribution in [0.25, 0.3) is 10.6 Å². The molecule has 0 bridgehead atoms. The summed E-state index contributed by atoms with van der Waals surface area (Å²) < 4.78 is 0.684. The molecule has 0 saturated carbocycles. The topological polar surface area (TPSA) is 71.1 Å². The summed E-state index contributed by atoms with van der Waals surface area (Å²) in [6, 6.07) is 21.5. The smallest absolute Gasteiger partial charge is 0.257 e. The molecule has 0 radical (unpaired) electrons. The van der Waals surface area contributed by atoms with Gasteiger partial charge in [-0.1, -0.05) is 36.4 Å². The SMILES string of the molecule is O=C(Nc1ccccc1C(=O)Nc1cccc(-c2nccs2)c1)c1ccccc1Br. The monoisotopic (exact) mass is 477 g/mol. The van der Waals surface area contributed by atoms with E-state index in [-0.39, 0.29) is 11.8 Å². The second kappa shape index (κ2) is 9.02. The van der Waals surface area contributed by atoms with Crippen LogP contribution in [-0.4, -0.2) is 16.8 Å². The highest BCUT2D eigenvalue weighted by molar-refractivity contribution is 9.10. The highest BCUT2D eigenvalue weighted by Crippen LogP contribution is 2.26. The van der Waals surface area contributed by atoms with Crippen molar-refractivity contribution in [3.8, 4) is 10.6 Å². The maximum Gasteiger partial charge on any atom is 0.257 e. The summed E-state index contributed by atoms with van der Waals surface area (Å²) in [5.41, 5.74) is 2.88. The molecule has 0 aliphatic carbocycles. The summed E-state index contributed by atoms with van der Waals surface area (Å²) in [4.78, 5) is 29.9. The molecule has 0 unspecified atom stereocenters. The highest BCUT2D eigenvalue weighted by atomic mass is 79.9. The van der Waals surface area contributed by atoms with Crippen LogP contribution >= 0.6 is 27.3 Å². The number of amides is 2. The van der Waals surface area contributed by atoms with E-state index in [0.29, 0.717) is 27.0 Å². The lowest BCUT2D eigenvalue weighted by Crippen LogP contribution is -2.18. The predicted molar refractivity (Wildman–Crippen MR) is 124 cm³/mol. The number of carbonyl (C=O) groups excluding carboxylic acids is 2. The van der Waals surface area contributed by atoms with Crippen molar-refractivity contribution in [2.24, 2.45) is 0 Å². The normalized spacial score (nSPS) is 10.4. The van der Waals surface area contributed by atoms with Crippen molar-refractivity contribution in [1.29, 1.82) is 0 Å². The minimum absolute atomic E-state index is 0.298. The molecule has 1 heterocycles. The number of halogens is 1. The van der Waals surface area contributed by atoms with Gasteiger partial charge in [-0.15, -0.1) is 11.3 Å². The lowest BCUT2D eigenvalue weighted by Gasteiger charge is -2.12. The van der Waals surface area contributed by atoms with Crippen LogP contribution in [0.1, 0.15) is 20.7 Å². The van der Waals surface area contributed by atoms with Gasteiger partial charge in [0.25, 0.3) is 11.8 Å². The van der Waals surface area contributed by atoms with Crippen molar-refractivity contribution in [3.05, 3.63) is 100.0 Å². The number of aromatic nitrogens is 1. The third kappa shape index (κ3) is 4.48. The quantitative estimate of drug-likeness (QED) is 0.365. The van der Waals surface area contributed by atoms with E-state index in [4.69, 9.17) is 0 Å². The van der Waals surface area contributed by atoms with E-state index in [0.717, 1.165) is 10.6 Å². The third-order valence-electron chi connectivity index (χ3n) is 4.34. The first-order valence-corrected chi connectivity index (χ1v) is 10.8. The van der Waals surface area contributed by atoms with E-state index in [9.17, 15) is 9.59 Å². The van der Waals surface area contributed by atoms with Crippen molar-refractivity contribution < 1.29 is 9.59 Å². The molecule has 2 N–H and O–H groups in total. The lowest BCUT2D eigenvalue weighted by molar-refractivity contribution is 0.102. The van der Waals surface area contributed by atoms with Gasteiger partial charge in [-0.05, 0) is 52.3 Å². The Labute approximate surface area is 185 Å². The Balaban J connectivity index is 1.55. The Morgan fingerprint density at radius 3 is 2.33 bits per heavy atom. The number of nitrogens with one attached hydrogen (secondary N) is 2. The van der Waals surface area contributed by atoms with E-state index in [1.54, 1.807) is 48.7 Å². The molecular weight excluding hydrogens is 462 g/mol. The molecule has 7 heteroatoms. The first kappa shape index (κ1) is 20.0. The standard InChI is InChI=1S/C23H16BrN3O2S/c24-19-10-3-1-8-17(19)21(28)27-20-11-4-2-9-18(20)22(29)26-16-7-5-6-15(14-16)23-25-12-13-30-23/h1-14H,(H,26,29)(H,27,28). The first-order valence-electron chi connectivity index (χ1n) is 9.08. The van der Waals surface area contributed by atoms with E-state index in [1.807, 2.05) is 35.7 Å². The summed E-state index contributed by atoms with van der Waals surface area (Å²) in [5.74, 6) is -0.609. The molecule has 5 nitrogen and oxygen atoms in total. The molecule has 2 amide bonds. The minimum atomic E-state index is -0.311. The van der Waals surface area contributed by atoms with Crippen LogP contribution in [-0.2, 0) is 0 Å². The number of benzene rings is 3. The number of thiazole rings is 1. The second-order valence-corrected chi connectivity index (χ2v) is 8.10. The fraction of sp³-hybridized carbons (Fsp3) is 0. The average Bonchev–Trinajstić information content (AvgIpc) is 3.29. The molecule has 0 spiro atoms. The summed E-state index contributed by atoms with van der Waals surface area (Å²) in [6.45, 7) is 0. The zero-order valence-electron chi connectivity index (χ0n) is 15.6. The number of hydrogen-bond donors (Lipinski definition) is 2. The van der Waals surface area contributed by atoms with Crippen molar-refractivity contribution in [1.82, 2.24) is 4.98 Å². The van der Waals surface area contributed by atoms with Crippen LogP contribution in [0, 0.1) is 0 Å². The van der Waals surface area contributed by atoms with Gasteiger partial charge in [0.15, 0.2) is 0 Å². The Bertz CT molecular complexity index is 1210. The molecule has 4 aromatic rings. The third-order valence-corrected chi connectivity index (χ3v) is 5.85. The zero-order valence-corrected chi connectivity index (χ0v) is 18.0. The van der Waals surface area contributed by atoms with E-state index >= 15 is 0 Å². The largest absolute Gasteiger partial charge is 0.322 e. The number of hydrogen-bond acceptors (Lipinski definition) is 4. The molecule has 0 aliphatic rings. The van der Waals surface area contributed by atoms with E-state index < -0.39 is 0 Å². The number of nitrogens with zero attached hydrogens (tertiary/aromatic N) is 1. The molecule has 30 heavy (non-hydrogen) atoms. The van der Waals surface area contributed by atoms with Gasteiger partial charge in [-0.25, -0.2) is 4.98 Å². The maximum atomic E-state index is 12.9. The van der Waals surface area contributed by atoms with Crippen LogP contribution in [0.4, 0.5) is 11.4 Å². The van der Waals surface area contributed by atoms with E-state index in [2.05, 4.69) is 31.5 Å². The number of anilines is 2. The Morgan fingerprint density at radius 2 is 1.57 bits per heavy atom. The molecule has 3 aromatic carbocycles. The van der Waals surface area contributed by atoms with Gasteiger partial charge in [0.05, 0.1) is 16.8 Å². The molecule has 0 saturated heterocycles. The van der Waals surface area contributed by atoms with Gasteiger partial charge in [0.1, 0.15) is 5.01 Å². The van der Waals surface area contributed by atoms with Gasteiger partial charge >= 0.3 is 0 Å². The highest BCUT2D eigenvalue weighted by Gasteiger charge is 2.16. The van der Waals surface area contributed by atoms with Crippen molar-refractivity contribution >= 4 is 50.5 Å². The summed E-state index contributed by atoms with van der Waals surface area (Å²) in [5, 5.41) is 8.52. The molecule has 1 aromatic heterocycles. The molecule has 0 fully saturated rings. The molecular formula is C23H16BrN3O2S. The zero-order chi connectivity index (χ0) is 20.9. The van der Waals surface area contributed by atoms with Crippen LogP contribution in [0.2, 0.25) is 0 Å². The minimum Gasteiger partial charge on any atom is -0.322 e. The Morgan fingerprint density at radius 1 is 0.833 bits per heavy atom. The van der Waals surface area contributed by atoms with E-state index in [1.165, 1.54) is 11.3 Å². The maximum absolute atomic E-state index is 12.9. The van der Waals surface area contributed by atoms with Gasteiger partial charge < -0.3 is 10.6 Å². The fourth-order valence-corrected chi connectivity index (χ4v) is 4.02. The predicted octanol–water partition coefficient (Wildman–Crippen LogP) is 6.08.